The van der Waals surface area contributed by atoms with Gasteiger partial charge in [0.2, 0.25) is 0 Å². The van der Waals surface area contributed by atoms with E-state index in [1.807, 2.05) is 6.07 Å². The van der Waals surface area contributed by atoms with Crippen LogP contribution in [-0.4, -0.2) is 21.9 Å². The minimum atomic E-state index is -0.192. The number of fused-ring (bicyclic) bond motifs is 3. The van der Waals surface area contributed by atoms with Gasteiger partial charge in [-0.25, -0.2) is 4.52 Å². The number of methoxy groups -OCH3 is 1. The molecule has 0 saturated heterocycles. The first-order valence-electron chi connectivity index (χ1n) is 5.46. The fourth-order valence-electron chi connectivity index (χ4n) is 2.43. The standard InChI is InChI=1S/C11H12N3O3/c1-17-11-10(14(15)16)9-6-5-7-3-2-4-8(7)13(9)12-11/h5-6,15H,2-4H2,1H3/q-1. The van der Waals surface area contributed by atoms with Crippen molar-refractivity contribution in [2.45, 2.75) is 19.3 Å². The van der Waals surface area contributed by atoms with Gasteiger partial charge in [-0.1, -0.05) is 6.07 Å². The second kappa shape index (κ2) is 3.61. The molecule has 0 fully saturated rings. The Morgan fingerprint density at radius 2 is 2.29 bits per heavy atom. The molecule has 17 heavy (non-hydrogen) atoms. The van der Waals surface area contributed by atoms with Crippen LogP contribution in [0, 0.1) is 5.21 Å². The Hall–Kier alpha value is -1.79. The maximum atomic E-state index is 11.1. The number of anilines is 1. The Bertz CT molecular complexity index is 577. The van der Waals surface area contributed by atoms with Crippen LogP contribution in [0.1, 0.15) is 17.7 Å². The average Bonchev–Trinajstić information content (AvgIpc) is 2.91. The van der Waals surface area contributed by atoms with Crippen LogP contribution in [0.3, 0.4) is 0 Å². The summed E-state index contributed by atoms with van der Waals surface area (Å²) in [6, 6.07) is 3.77. The summed E-state index contributed by atoms with van der Waals surface area (Å²) in [6.45, 7) is 0. The smallest absolute Gasteiger partial charge is 0.258 e. The molecule has 2 heterocycles. The average molecular weight is 234 g/mol. The molecule has 2 aromatic rings. The van der Waals surface area contributed by atoms with E-state index in [1.54, 1.807) is 10.6 Å². The Kier molecular flexibility index (Phi) is 2.20. The van der Waals surface area contributed by atoms with Crippen molar-refractivity contribution in [3.05, 3.63) is 28.6 Å². The SMILES string of the molecule is COc1nn2c3c(ccc2c1N([O-])O)CCC3. The van der Waals surface area contributed by atoms with Crippen LogP contribution in [0.25, 0.3) is 5.52 Å². The van der Waals surface area contributed by atoms with Gasteiger partial charge in [0.25, 0.3) is 5.88 Å². The molecule has 1 N–H and O–H groups in total. The molecule has 0 amide bonds. The molecule has 6 heteroatoms. The molecule has 0 aliphatic heterocycles. The highest BCUT2D eigenvalue weighted by Gasteiger charge is 2.20. The van der Waals surface area contributed by atoms with Crippen LogP contribution in [0.15, 0.2) is 12.1 Å². The molecule has 2 aromatic heterocycles. The quantitative estimate of drug-likeness (QED) is 0.797. The molecule has 0 aromatic carbocycles. The predicted molar refractivity (Wildman–Crippen MR) is 61.4 cm³/mol. The van der Waals surface area contributed by atoms with Crippen molar-refractivity contribution in [2.24, 2.45) is 0 Å². The maximum absolute atomic E-state index is 11.1. The predicted octanol–water partition coefficient (Wildman–Crippen LogP) is 1.52. The molecule has 90 valence electrons. The van der Waals surface area contributed by atoms with Crippen LogP contribution in [0.5, 0.6) is 5.88 Å². The molecule has 0 spiro atoms. The summed E-state index contributed by atoms with van der Waals surface area (Å²) in [5.41, 5.74) is 2.96. The number of rotatable bonds is 2. The van der Waals surface area contributed by atoms with Crippen LogP contribution < -0.4 is 9.96 Å². The molecule has 0 atom stereocenters. The Morgan fingerprint density at radius 3 is 3.00 bits per heavy atom. The maximum Gasteiger partial charge on any atom is 0.258 e. The minimum absolute atomic E-state index is 0.0576. The molecule has 1 aliphatic carbocycles. The summed E-state index contributed by atoms with van der Waals surface area (Å²) in [6.07, 6.45) is 3.05. The molecular formula is C11H12N3O3-. The lowest BCUT2D eigenvalue weighted by molar-refractivity contribution is 0.291. The van der Waals surface area contributed by atoms with E-state index in [0.29, 0.717) is 5.52 Å². The molecule has 0 bridgehead atoms. The van der Waals surface area contributed by atoms with Gasteiger partial charge in [-0.05, 0) is 30.9 Å². The number of hydrogen-bond acceptors (Lipinski definition) is 5. The summed E-state index contributed by atoms with van der Waals surface area (Å²) >= 11 is 0. The van der Waals surface area contributed by atoms with Crippen molar-refractivity contribution < 1.29 is 9.94 Å². The third-order valence-corrected chi connectivity index (χ3v) is 3.18. The third kappa shape index (κ3) is 1.38. The lowest BCUT2D eigenvalue weighted by atomic mass is 10.2. The number of aromatic nitrogens is 2. The van der Waals surface area contributed by atoms with Crippen molar-refractivity contribution in [3.8, 4) is 5.88 Å². The van der Waals surface area contributed by atoms with Gasteiger partial charge in [-0.3, -0.25) is 5.21 Å². The van der Waals surface area contributed by atoms with E-state index in [0.717, 1.165) is 25.0 Å². The molecular weight excluding hydrogens is 222 g/mol. The van der Waals surface area contributed by atoms with Crippen molar-refractivity contribution in [2.75, 3.05) is 12.3 Å². The highest BCUT2D eigenvalue weighted by Crippen LogP contribution is 2.34. The lowest BCUT2D eigenvalue weighted by Crippen LogP contribution is -2.08. The van der Waals surface area contributed by atoms with Crippen LogP contribution in [0.4, 0.5) is 5.69 Å². The van der Waals surface area contributed by atoms with E-state index >= 15 is 0 Å². The van der Waals surface area contributed by atoms with Crippen molar-refractivity contribution in [3.63, 3.8) is 0 Å². The topological polar surface area (TPSA) is 73.1 Å². The summed E-state index contributed by atoms with van der Waals surface area (Å²) in [5.74, 6) is 0.141. The normalized spacial score (nSPS) is 14.1. The summed E-state index contributed by atoms with van der Waals surface area (Å²) in [5, 5.41) is 24.3. The third-order valence-electron chi connectivity index (χ3n) is 3.18. The molecule has 0 unspecified atom stereocenters. The van der Waals surface area contributed by atoms with Crippen LogP contribution in [-0.2, 0) is 12.8 Å². The van der Waals surface area contributed by atoms with Crippen LogP contribution >= 0.6 is 0 Å². The highest BCUT2D eigenvalue weighted by molar-refractivity contribution is 5.78. The fraction of sp³-hybridized carbons (Fsp3) is 0.364. The number of hydrogen-bond donors (Lipinski definition) is 1. The van der Waals surface area contributed by atoms with E-state index in [2.05, 4.69) is 5.10 Å². The number of nitrogens with zero attached hydrogens (tertiary/aromatic N) is 3. The number of pyridine rings is 1. The minimum Gasteiger partial charge on any atom is -0.733 e. The van der Waals surface area contributed by atoms with Gasteiger partial charge in [-0.2, -0.15) is 0 Å². The van der Waals surface area contributed by atoms with E-state index in [9.17, 15) is 5.21 Å². The molecule has 0 saturated carbocycles. The molecule has 6 nitrogen and oxygen atoms in total. The highest BCUT2D eigenvalue weighted by atomic mass is 16.8. The van der Waals surface area contributed by atoms with Crippen molar-refractivity contribution in [1.82, 2.24) is 9.61 Å². The second-order valence-corrected chi connectivity index (χ2v) is 4.09. The van der Waals surface area contributed by atoms with Crippen molar-refractivity contribution >= 4 is 11.2 Å². The zero-order chi connectivity index (χ0) is 12.0. The van der Waals surface area contributed by atoms with Gasteiger partial charge in [0.1, 0.15) is 5.69 Å². The van der Waals surface area contributed by atoms with E-state index in [4.69, 9.17) is 9.94 Å². The number of aryl methyl sites for hydroxylation is 2. The zero-order valence-corrected chi connectivity index (χ0v) is 9.38. The molecule has 1 aliphatic rings. The molecule has 0 radical (unpaired) electrons. The Labute approximate surface area is 97.6 Å². The van der Waals surface area contributed by atoms with E-state index in [1.165, 1.54) is 12.7 Å². The van der Waals surface area contributed by atoms with Gasteiger partial charge >= 0.3 is 0 Å². The van der Waals surface area contributed by atoms with Gasteiger partial charge in [0.05, 0.1) is 12.6 Å². The Morgan fingerprint density at radius 1 is 1.47 bits per heavy atom. The van der Waals surface area contributed by atoms with Crippen molar-refractivity contribution in [1.29, 1.82) is 0 Å². The first-order valence-corrected chi connectivity index (χ1v) is 5.46. The lowest BCUT2D eigenvalue weighted by Gasteiger charge is -2.20. The number of ether oxygens (including phenoxy) is 1. The monoisotopic (exact) mass is 234 g/mol. The van der Waals surface area contributed by atoms with E-state index in [-0.39, 0.29) is 16.8 Å². The van der Waals surface area contributed by atoms with Gasteiger partial charge in [-0.15, -0.1) is 5.10 Å². The fourth-order valence-corrected chi connectivity index (χ4v) is 2.43. The molecule has 3 rings (SSSR count). The summed E-state index contributed by atoms with van der Waals surface area (Å²) in [7, 11) is 1.43. The van der Waals surface area contributed by atoms with Gasteiger partial charge in [0.15, 0.2) is 0 Å². The first kappa shape index (κ1) is 10.4. The Balaban J connectivity index is 2.33. The summed E-state index contributed by atoms with van der Waals surface area (Å²) < 4.78 is 6.71. The van der Waals surface area contributed by atoms with Crippen LogP contribution in [0.2, 0.25) is 0 Å². The second-order valence-electron chi connectivity index (χ2n) is 4.09. The largest absolute Gasteiger partial charge is 0.733 e. The first-order chi connectivity index (χ1) is 8.22. The zero-order valence-electron chi connectivity index (χ0n) is 9.38. The van der Waals surface area contributed by atoms with Gasteiger partial charge < -0.3 is 15.2 Å². The summed E-state index contributed by atoms with van der Waals surface area (Å²) in [4.78, 5) is 0. The van der Waals surface area contributed by atoms with E-state index < -0.39 is 0 Å². The van der Waals surface area contributed by atoms with Gasteiger partial charge in [0, 0.05) is 5.69 Å².